The third-order valence-corrected chi connectivity index (χ3v) is 4.45. The Morgan fingerprint density at radius 2 is 1.76 bits per heavy atom. The zero-order valence-corrected chi connectivity index (χ0v) is 15.3. The van der Waals surface area contributed by atoms with Gasteiger partial charge < -0.3 is 10.1 Å². The average Bonchev–Trinajstić information content (AvgIpc) is 2.52. The number of rotatable bonds is 5. The second-order valence-corrected chi connectivity index (χ2v) is 8.25. The molecule has 0 heterocycles. The molecule has 0 aromatic heterocycles. The van der Waals surface area contributed by atoms with Gasteiger partial charge in [-0.1, -0.05) is 39.0 Å². The number of carbonyl (C=O) groups is 1. The van der Waals surface area contributed by atoms with E-state index in [-0.39, 0.29) is 16.9 Å². The molecule has 0 unspecified atom stereocenters. The van der Waals surface area contributed by atoms with E-state index in [0.717, 1.165) is 0 Å². The number of nitrogens with one attached hydrogen (secondary N) is 1. The molecule has 134 valence electrons. The van der Waals surface area contributed by atoms with Crippen molar-refractivity contribution in [1.82, 2.24) is 0 Å². The molecule has 0 radical (unpaired) electrons. The lowest BCUT2D eigenvalue weighted by atomic mass is 9.87. The van der Waals surface area contributed by atoms with Gasteiger partial charge in [-0.2, -0.15) is 0 Å². The van der Waals surface area contributed by atoms with Crippen molar-refractivity contribution < 1.29 is 17.9 Å². The number of amides is 1. The van der Waals surface area contributed by atoms with Crippen molar-refractivity contribution >= 4 is 21.6 Å². The molecule has 0 aliphatic carbocycles. The van der Waals surface area contributed by atoms with E-state index in [1.54, 1.807) is 6.07 Å². The quantitative estimate of drug-likeness (QED) is 0.854. The van der Waals surface area contributed by atoms with Crippen LogP contribution in [0.4, 0.5) is 5.69 Å². The molecule has 0 aliphatic heterocycles. The SMILES string of the molecule is CC(C)(C)c1ccc(OCC(=O)Nc2cccc(S(N)(=O)=O)c2)cc1. The van der Waals surface area contributed by atoms with Gasteiger partial charge in [0.25, 0.3) is 5.91 Å². The highest BCUT2D eigenvalue weighted by Crippen LogP contribution is 2.24. The standard InChI is InChI=1S/C18H22N2O4S/c1-18(2,3)13-7-9-15(10-8-13)24-12-17(21)20-14-5-4-6-16(11-14)25(19,22)23/h4-11H,12H2,1-3H3,(H,20,21)(H2,19,22,23). The normalized spacial score (nSPS) is 11.8. The zero-order valence-electron chi connectivity index (χ0n) is 14.4. The van der Waals surface area contributed by atoms with E-state index in [1.165, 1.54) is 23.8 Å². The summed E-state index contributed by atoms with van der Waals surface area (Å²) < 4.78 is 28.1. The van der Waals surface area contributed by atoms with Gasteiger partial charge in [0.05, 0.1) is 4.90 Å². The number of anilines is 1. The maximum Gasteiger partial charge on any atom is 0.262 e. The number of hydrogen-bond donors (Lipinski definition) is 2. The van der Waals surface area contributed by atoms with Crippen LogP contribution in [0.2, 0.25) is 0 Å². The molecule has 0 aliphatic rings. The predicted octanol–water partition coefficient (Wildman–Crippen LogP) is 2.65. The van der Waals surface area contributed by atoms with Crippen molar-refractivity contribution in [2.75, 3.05) is 11.9 Å². The van der Waals surface area contributed by atoms with Crippen molar-refractivity contribution in [3.8, 4) is 5.75 Å². The molecule has 0 fully saturated rings. The Labute approximate surface area is 148 Å². The third kappa shape index (κ3) is 5.58. The molecule has 0 atom stereocenters. The van der Waals surface area contributed by atoms with Crippen LogP contribution in [0.3, 0.4) is 0 Å². The number of carbonyl (C=O) groups excluding carboxylic acids is 1. The summed E-state index contributed by atoms with van der Waals surface area (Å²) >= 11 is 0. The van der Waals surface area contributed by atoms with Crippen molar-refractivity contribution in [1.29, 1.82) is 0 Å². The number of hydrogen-bond acceptors (Lipinski definition) is 4. The zero-order chi connectivity index (χ0) is 18.7. The summed E-state index contributed by atoms with van der Waals surface area (Å²) in [5.41, 5.74) is 1.55. The van der Waals surface area contributed by atoms with Crippen LogP contribution in [0.15, 0.2) is 53.4 Å². The lowest BCUT2D eigenvalue weighted by molar-refractivity contribution is -0.118. The second-order valence-electron chi connectivity index (χ2n) is 6.68. The highest BCUT2D eigenvalue weighted by Gasteiger charge is 2.13. The van der Waals surface area contributed by atoms with Crippen LogP contribution in [0, 0.1) is 0 Å². The van der Waals surface area contributed by atoms with Gasteiger partial charge in [0.15, 0.2) is 6.61 Å². The minimum absolute atomic E-state index is 0.0459. The number of ether oxygens (including phenoxy) is 1. The molecule has 2 aromatic carbocycles. The van der Waals surface area contributed by atoms with Crippen molar-refractivity contribution in [3.63, 3.8) is 0 Å². The first kappa shape index (κ1) is 19.0. The fourth-order valence-electron chi connectivity index (χ4n) is 2.15. The Kier molecular flexibility index (Phi) is 5.49. The summed E-state index contributed by atoms with van der Waals surface area (Å²) in [5.74, 6) is 0.188. The van der Waals surface area contributed by atoms with Gasteiger partial charge in [-0.15, -0.1) is 0 Å². The lowest BCUT2D eigenvalue weighted by Gasteiger charge is -2.19. The van der Waals surface area contributed by atoms with Crippen LogP contribution in [0.25, 0.3) is 0 Å². The first-order chi connectivity index (χ1) is 11.6. The van der Waals surface area contributed by atoms with Crippen LogP contribution in [0.5, 0.6) is 5.75 Å². The van der Waals surface area contributed by atoms with E-state index < -0.39 is 15.9 Å². The maximum absolute atomic E-state index is 12.0. The maximum atomic E-state index is 12.0. The van der Waals surface area contributed by atoms with Gasteiger partial charge >= 0.3 is 0 Å². The average molecular weight is 362 g/mol. The van der Waals surface area contributed by atoms with Gasteiger partial charge in [-0.05, 0) is 41.3 Å². The number of sulfonamides is 1. The predicted molar refractivity (Wildman–Crippen MR) is 97.1 cm³/mol. The molecule has 6 nitrogen and oxygen atoms in total. The molecule has 0 saturated carbocycles. The summed E-state index contributed by atoms with van der Waals surface area (Å²) in [7, 11) is -3.82. The van der Waals surface area contributed by atoms with Crippen LogP contribution >= 0.6 is 0 Å². The molecule has 7 heteroatoms. The molecule has 25 heavy (non-hydrogen) atoms. The molecular formula is C18H22N2O4S. The fraction of sp³-hybridized carbons (Fsp3) is 0.278. The first-order valence-corrected chi connectivity index (χ1v) is 9.26. The molecule has 2 rings (SSSR count). The largest absolute Gasteiger partial charge is 0.484 e. The highest BCUT2D eigenvalue weighted by atomic mass is 32.2. The third-order valence-electron chi connectivity index (χ3n) is 3.54. The van der Waals surface area contributed by atoms with Crippen LogP contribution in [0.1, 0.15) is 26.3 Å². The Hall–Kier alpha value is -2.38. The van der Waals surface area contributed by atoms with Crippen LogP contribution in [-0.2, 0) is 20.2 Å². The van der Waals surface area contributed by atoms with Crippen molar-refractivity contribution in [2.45, 2.75) is 31.1 Å². The van der Waals surface area contributed by atoms with Gasteiger partial charge in [-0.3, -0.25) is 4.79 Å². The Bertz CT molecular complexity index is 853. The molecular weight excluding hydrogens is 340 g/mol. The summed E-state index contributed by atoms with van der Waals surface area (Å²) in [6.07, 6.45) is 0. The van der Waals surface area contributed by atoms with Gasteiger partial charge in [0, 0.05) is 5.69 Å². The first-order valence-electron chi connectivity index (χ1n) is 7.72. The van der Waals surface area contributed by atoms with Crippen LogP contribution in [-0.4, -0.2) is 20.9 Å². The van der Waals surface area contributed by atoms with E-state index in [2.05, 4.69) is 26.1 Å². The number of nitrogens with two attached hydrogens (primary N) is 1. The summed E-state index contributed by atoms with van der Waals surface area (Å²) in [6.45, 7) is 6.17. The molecule has 1 amide bonds. The molecule has 0 bridgehead atoms. The molecule has 0 saturated heterocycles. The number of benzene rings is 2. The Balaban J connectivity index is 1.95. The molecule has 0 spiro atoms. The Morgan fingerprint density at radius 3 is 2.32 bits per heavy atom. The molecule has 2 aromatic rings. The summed E-state index contributed by atoms with van der Waals surface area (Å²) in [5, 5.41) is 7.64. The van der Waals surface area contributed by atoms with E-state index in [4.69, 9.17) is 9.88 Å². The van der Waals surface area contributed by atoms with E-state index in [0.29, 0.717) is 11.4 Å². The van der Waals surface area contributed by atoms with E-state index >= 15 is 0 Å². The Morgan fingerprint density at radius 1 is 1.12 bits per heavy atom. The number of primary sulfonamides is 1. The van der Waals surface area contributed by atoms with Gasteiger partial charge in [0.1, 0.15) is 5.75 Å². The van der Waals surface area contributed by atoms with Gasteiger partial charge in [-0.25, -0.2) is 13.6 Å². The topological polar surface area (TPSA) is 98.5 Å². The molecule has 3 N–H and O–H groups in total. The van der Waals surface area contributed by atoms with Crippen molar-refractivity contribution in [3.05, 3.63) is 54.1 Å². The fourth-order valence-corrected chi connectivity index (χ4v) is 2.71. The highest BCUT2D eigenvalue weighted by molar-refractivity contribution is 7.89. The van der Waals surface area contributed by atoms with Crippen LogP contribution < -0.4 is 15.2 Å². The van der Waals surface area contributed by atoms with Gasteiger partial charge in [0.2, 0.25) is 10.0 Å². The summed E-state index contributed by atoms with van der Waals surface area (Å²) in [6, 6.07) is 13.3. The minimum atomic E-state index is -3.82. The van der Waals surface area contributed by atoms with E-state index in [9.17, 15) is 13.2 Å². The lowest BCUT2D eigenvalue weighted by Crippen LogP contribution is -2.20. The smallest absolute Gasteiger partial charge is 0.262 e. The summed E-state index contributed by atoms with van der Waals surface area (Å²) in [4.78, 5) is 11.9. The van der Waals surface area contributed by atoms with E-state index in [1.807, 2.05) is 24.3 Å². The van der Waals surface area contributed by atoms with Crippen molar-refractivity contribution in [2.24, 2.45) is 5.14 Å². The monoisotopic (exact) mass is 362 g/mol. The second kappa shape index (κ2) is 7.25. The minimum Gasteiger partial charge on any atom is -0.484 e.